The zero-order chi connectivity index (χ0) is 68.1. The van der Waals surface area contributed by atoms with Crippen LogP contribution in [0, 0.1) is 0 Å². The topological polar surface area (TPSA) is 408 Å². The maximum atomic E-state index is 16.2. The summed E-state index contributed by atoms with van der Waals surface area (Å²) < 4.78 is 31.4. The number of ether oxygens (including phenoxy) is 5. The van der Waals surface area contributed by atoms with E-state index in [1.54, 1.807) is 25.1 Å². The molecule has 0 saturated carbocycles. The fourth-order valence-electron chi connectivity index (χ4n) is 13.3. The average molecular weight is 1350 g/mol. The fraction of sp³-hybridized carbons (Fsp3) is 0.294. The number of ketones is 2. The van der Waals surface area contributed by atoms with E-state index in [2.05, 4.69) is 21.3 Å². The summed E-state index contributed by atoms with van der Waals surface area (Å²) in [5.41, 5.74) is 6.85. The number of nitrogens with one attached hydrogen (secondary N) is 4. The molecule has 0 radical (unpaired) electrons. The Balaban J connectivity index is 1.02. The number of aromatic hydroxyl groups is 4. The number of likely N-dealkylation sites (N-methyl/N-ethyl adjacent to an activating group) is 1. The van der Waals surface area contributed by atoms with Gasteiger partial charge in [0.25, 0.3) is 0 Å². The van der Waals surface area contributed by atoms with Gasteiger partial charge in [0.1, 0.15) is 71.3 Å². The van der Waals surface area contributed by atoms with Gasteiger partial charge < -0.3 is 96.6 Å². The second-order valence-electron chi connectivity index (χ2n) is 24.7. The number of aliphatic hydroxyl groups is 5. The summed E-state index contributed by atoms with van der Waals surface area (Å²) >= 11 is 14.1. The van der Waals surface area contributed by atoms with Crippen molar-refractivity contribution >= 4 is 58.4 Å². The van der Waals surface area contributed by atoms with Gasteiger partial charge in [0.2, 0.25) is 35.2 Å². The van der Waals surface area contributed by atoms with Crippen LogP contribution in [-0.4, -0.2) is 149 Å². The van der Waals surface area contributed by atoms with Gasteiger partial charge in [-0.2, -0.15) is 0 Å². The van der Waals surface area contributed by atoms with Gasteiger partial charge in [0.15, 0.2) is 40.9 Å². The van der Waals surface area contributed by atoms with Crippen LogP contribution in [0.1, 0.15) is 92.9 Å². The molecular weight excluding hydrogens is 1290 g/mol. The maximum Gasteiger partial charge on any atom is 0.245 e. The van der Waals surface area contributed by atoms with Crippen molar-refractivity contribution in [2.45, 2.75) is 104 Å². The Hall–Kier alpha value is -9.42. The monoisotopic (exact) mass is 1350 g/mol. The van der Waals surface area contributed by atoms with Crippen molar-refractivity contribution in [3.63, 3.8) is 0 Å². The molecule has 26 nitrogen and oxygen atoms in total. The minimum atomic E-state index is -2.78. The number of carbonyl (C=O) groups excluding carboxylic acids is 6. The molecule has 1 fully saturated rings. The third-order valence-corrected chi connectivity index (χ3v) is 18.7. The first-order chi connectivity index (χ1) is 45.7. The van der Waals surface area contributed by atoms with E-state index < -0.39 is 168 Å². The van der Waals surface area contributed by atoms with Gasteiger partial charge in [-0.3, -0.25) is 33.7 Å². The summed E-state index contributed by atoms with van der Waals surface area (Å²) in [4.78, 5) is 94.9. The highest BCUT2D eigenvalue weighted by Gasteiger charge is 2.48. The Morgan fingerprint density at radius 1 is 0.615 bits per heavy atom. The molecule has 1 aliphatic carbocycles. The number of nitrogens with zero attached hydrogens (tertiary/aromatic N) is 1. The molecule has 12 unspecified atom stereocenters. The molecular formula is C68H62Cl2N6O20. The van der Waals surface area contributed by atoms with Crippen LogP contribution in [0.4, 0.5) is 0 Å². The van der Waals surface area contributed by atoms with Crippen LogP contribution >= 0.6 is 23.2 Å². The number of rotatable bonds is 4. The second kappa shape index (κ2) is 25.3. The summed E-state index contributed by atoms with van der Waals surface area (Å²) in [5.74, 6) is -15.5. The van der Waals surface area contributed by atoms with Crippen molar-refractivity contribution in [3.05, 3.63) is 175 Å². The van der Waals surface area contributed by atoms with E-state index in [-0.39, 0.29) is 95.3 Å². The number of amides is 4. The van der Waals surface area contributed by atoms with Crippen LogP contribution in [0.2, 0.25) is 10.0 Å². The van der Waals surface area contributed by atoms with Crippen molar-refractivity contribution in [2.75, 3.05) is 20.7 Å². The SMILES string of the molecule is CN(C)C1C(=O)NC2Cc3ccc(c(Cl)c3)Oc3cc4cc(c3O)Oc3ccc(cc3Cl)C(OC3OC(CO)C(O)C(O)C3N)C3NC(=O)C(CC(=O)C4NC(=O)C(CC2=O)c2cc(O)cc(c2)Oc2cc1ccc2O)c1ccc2c(c1)-c1c(cc(O)cc1C2(O)O)CNC3=O. The maximum absolute atomic E-state index is 16.2. The number of Topliss-reactive ketones (excluding diaryl/α,β-unsaturated/α-hetero) is 2. The van der Waals surface area contributed by atoms with E-state index in [1.165, 1.54) is 103 Å². The van der Waals surface area contributed by atoms with Gasteiger partial charge >= 0.3 is 0 Å². The Morgan fingerprint density at radius 3 is 1.98 bits per heavy atom. The standard InChI is InChI=1S/C68H62Cl2N6O20/c1-76(2)58-29-5-8-45(80)50(18-29)92-36-15-31(13-34(78)21-36)38-23-46(81)44(73-66(58)89)12-27-3-9-48(42(69)11-27)93-51-19-32-20-52(59(51)83)94-49-10-6-30(17-43(49)70)62(96-67-55(71)61(85)60(84)53(26-77)95-67)57-65(88)72-25-33-14-35(79)22-41-54(33)39-16-28(4-7-40(39)68(41,90)91)37(63(86)75-57)24-47(82)56(32)74-64(38)87/h3-11,13-22,37-38,44,53,55-58,60-62,67,77-80,83-85,90-91H,12,23-26,71H2,1-2H3,(H,72,88)(H,73,89)(H,74,87)(H,75,86). The Kier molecular flexibility index (Phi) is 17.2. The quantitative estimate of drug-likeness (QED) is 0.107. The smallest absolute Gasteiger partial charge is 0.245 e. The number of aliphatic hydroxyl groups excluding tert-OH is 3. The molecule has 8 aliphatic rings. The summed E-state index contributed by atoms with van der Waals surface area (Å²) in [6.45, 7) is -1.31. The number of benzene rings is 7. The lowest BCUT2D eigenvalue weighted by Gasteiger charge is -2.42. The molecule has 7 aliphatic heterocycles. The van der Waals surface area contributed by atoms with E-state index in [0.717, 1.165) is 6.07 Å². The lowest BCUT2D eigenvalue weighted by Crippen LogP contribution is -2.63. The van der Waals surface area contributed by atoms with E-state index in [0.29, 0.717) is 11.1 Å². The highest BCUT2D eigenvalue weighted by molar-refractivity contribution is 6.32. The Morgan fingerprint density at radius 2 is 1.27 bits per heavy atom. The molecule has 28 heteroatoms. The van der Waals surface area contributed by atoms with E-state index in [4.69, 9.17) is 52.6 Å². The average Bonchev–Trinajstić information content (AvgIpc) is 1.49. The van der Waals surface area contributed by atoms with E-state index >= 15 is 24.0 Å². The van der Waals surface area contributed by atoms with Crippen molar-refractivity contribution in [2.24, 2.45) is 5.73 Å². The van der Waals surface area contributed by atoms with Crippen LogP contribution in [0.5, 0.6) is 57.5 Å². The lowest BCUT2D eigenvalue weighted by atomic mass is 9.85. The van der Waals surface area contributed by atoms with E-state index in [9.17, 15) is 50.8 Å². The number of phenolic OH excluding ortho intramolecular Hbond substituents is 4. The molecule has 15 rings (SSSR count). The van der Waals surface area contributed by atoms with Crippen LogP contribution in [-0.2, 0) is 57.0 Å². The van der Waals surface area contributed by atoms with Crippen LogP contribution < -0.4 is 41.2 Å². The first-order valence-electron chi connectivity index (χ1n) is 30.3. The highest BCUT2D eigenvalue weighted by atomic mass is 35.5. The predicted molar refractivity (Wildman–Crippen MR) is 337 cm³/mol. The third-order valence-electron chi connectivity index (χ3n) is 18.1. The first kappa shape index (κ1) is 65.3. The van der Waals surface area contributed by atoms with Crippen LogP contribution in [0.15, 0.2) is 115 Å². The number of hydrogen-bond acceptors (Lipinski definition) is 22. The summed E-state index contributed by atoms with van der Waals surface area (Å²) in [6, 6.07) is 16.8. The summed E-state index contributed by atoms with van der Waals surface area (Å²) in [6.07, 6.45) is -10.6. The normalized spacial score (nSPS) is 26.1. The Bertz CT molecular complexity index is 4400. The lowest BCUT2D eigenvalue weighted by molar-refractivity contribution is -0.280. The van der Waals surface area contributed by atoms with Crippen molar-refractivity contribution in [1.82, 2.24) is 26.2 Å². The number of fused-ring (bicyclic) bond motifs is 11. The molecule has 1 saturated heterocycles. The summed E-state index contributed by atoms with van der Waals surface area (Å²) in [5, 5.41) is 113. The van der Waals surface area contributed by atoms with Gasteiger partial charge in [-0.15, -0.1) is 0 Å². The van der Waals surface area contributed by atoms with Gasteiger partial charge in [0.05, 0.1) is 40.6 Å². The predicted octanol–water partition coefficient (Wildman–Crippen LogP) is 4.61. The molecule has 7 aromatic carbocycles. The van der Waals surface area contributed by atoms with Gasteiger partial charge in [-0.05, 0) is 149 Å². The van der Waals surface area contributed by atoms with Crippen molar-refractivity contribution in [3.8, 4) is 68.6 Å². The number of halogens is 2. The summed E-state index contributed by atoms with van der Waals surface area (Å²) in [7, 11) is 3.23. The molecule has 17 bridgehead atoms. The second-order valence-corrected chi connectivity index (χ2v) is 25.5. The molecule has 498 valence electrons. The van der Waals surface area contributed by atoms with E-state index in [1.807, 2.05) is 0 Å². The van der Waals surface area contributed by atoms with Crippen LogP contribution in [0.25, 0.3) is 11.1 Å². The molecule has 96 heavy (non-hydrogen) atoms. The first-order valence-corrected chi connectivity index (χ1v) is 31.0. The molecule has 7 heterocycles. The molecule has 7 aromatic rings. The van der Waals surface area contributed by atoms with Gasteiger partial charge in [-0.25, -0.2) is 0 Å². The van der Waals surface area contributed by atoms with Gasteiger partial charge in [0, 0.05) is 36.6 Å². The molecule has 0 aromatic heterocycles. The zero-order valence-electron chi connectivity index (χ0n) is 50.7. The van der Waals surface area contributed by atoms with Crippen molar-refractivity contribution in [1.29, 1.82) is 0 Å². The van der Waals surface area contributed by atoms with Gasteiger partial charge in [-0.1, -0.05) is 53.5 Å². The largest absolute Gasteiger partial charge is 0.508 e. The zero-order valence-corrected chi connectivity index (χ0v) is 52.2. The third kappa shape index (κ3) is 12.0. The molecule has 12 atom stereocenters. The Labute approximate surface area is 555 Å². The fourth-order valence-corrected chi connectivity index (χ4v) is 13.7. The minimum absolute atomic E-state index is 0.00464. The number of nitrogens with two attached hydrogens (primary N) is 1. The number of hydrogen-bond donors (Lipinski definition) is 14. The highest BCUT2D eigenvalue weighted by Crippen LogP contribution is 2.52. The molecule has 15 N–H and O–H groups in total. The minimum Gasteiger partial charge on any atom is -0.508 e. The molecule has 4 amide bonds. The van der Waals surface area contributed by atoms with Crippen LogP contribution in [0.3, 0.4) is 0 Å². The number of phenols is 4. The molecule has 0 spiro atoms. The van der Waals surface area contributed by atoms with Crippen molar-refractivity contribution < 1.29 is 98.4 Å². The number of carbonyl (C=O) groups is 6.